The molecule has 14 nitrogen and oxygen atoms in total. The van der Waals surface area contributed by atoms with Crippen molar-refractivity contribution >= 4 is 40.9 Å². The van der Waals surface area contributed by atoms with Crippen LogP contribution in [-0.4, -0.2) is 93.2 Å². The Bertz CT molecular complexity index is 1260. The Labute approximate surface area is 259 Å². The van der Waals surface area contributed by atoms with E-state index in [0.29, 0.717) is 44.3 Å². The van der Waals surface area contributed by atoms with E-state index in [1.165, 1.54) is 28.0 Å². The number of ether oxygens (including phenoxy) is 4. The van der Waals surface area contributed by atoms with Crippen LogP contribution in [0.15, 0.2) is 22.6 Å². The molecule has 0 saturated carbocycles. The molecule has 3 aliphatic rings. The summed E-state index contributed by atoms with van der Waals surface area (Å²) in [7, 11) is 0. The van der Waals surface area contributed by atoms with Crippen LogP contribution in [0.2, 0.25) is 0 Å². The number of hydroxylamine groups is 1. The number of benzene rings is 1. The number of hydrogen-bond donors (Lipinski definition) is 1. The van der Waals surface area contributed by atoms with Crippen LogP contribution in [0.1, 0.15) is 72.8 Å². The number of nitrogens with zero attached hydrogens (tertiary/aromatic N) is 3. The van der Waals surface area contributed by atoms with Gasteiger partial charge in [0.15, 0.2) is 19.0 Å². The summed E-state index contributed by atoms with van der Waals surface area (Å²) < 4.78 is 42.9. The zero-order valence-electron chi connectivity index (χ0n) is 25.9. The van der Waals surface area contributed by atoms with Crippen LogP contribution in [-0.2, 0) is 44.2 Å². The highest BCUT2D eigenvalue weighted by Gasteiger charge is 2.38. The minimum absolute atomic E-state index is 0.130. The van der Waals surface area contributed by atoms with Crippen molar-refractivity contribution in [3.05, 3.63) is 23.8 Å². The topological polar surface area (TPSA) is 162 Å². The Hall–Kier alpha value is -3.72. The molecule has 2 fully saturated rings. The summed E-state index contributed by atoms with van der Waals surface area (Å²) in [6.07, 6.45) is 2.31. The minimum Gasteiger partial charge on any atom is -0.484 e. The third-order valence-corrected chi connectivity index (χ3v) is 7.32. The highest BCUT2D eigenvalue weighted by Crippen LogP contribution is 2.27. The zero-order valence-corrected chi connectivity index (χ0v) is 26.7. The number of rotatable bonds is 9. The summed E-state index contributed by atoms with van der Waals surface area (Å²) in [4.78, 5) is 54.4. The number of nitrogens with one attached hydrogen (secondary N) is 1. The fourth-order valence-electron chi connectivity index (χ4n) is 4.99. The second-order valence-electron chi connectivity index (χ2n) is 12.7. The summed E-state index contributed by atoms with van der Waals surface area (Å²) in [5.74, 6) is -1.20. The summed E-state index contributed by atoms with van der Waals surface area (Å²) in [6, 6.07) is 3.17. The zero-order chi connectivity index (χ0) is 32.2. The van der Waals surface area contributed by atoms with E-state index in [2.05, 4.69) is 9.88 Å². The lowest BCUT2D eigenvalue weighted by Crippen LogP contribution is -2.45. The molecule has 0 spiro atoms. The van der Waals surface area contributed by atoms with Crippen LogP contribution in [0.5, 0.6) is 11.5 Å². The maximum Gasteiger partial charge on any atom is 0.329 e. The molecular weight excluding hydrogens is 596 g/mol. The highest BCUT2D eigenvalue weighted by atomic mass is 32.2. The second kappa shape index (κ2) is 13.5. The Kier molecular flexibility index (Phi) is 10.2. The van der Waals surface area contributed by atoms with Crippen molar-refractivity contribution in [3.63, 3.8) is 0 Å². The van der Waals surface area contributed by atoms with Crippen LogP contribution in [0, 0.1) is 0 Å². The Balaban J connectivity index is 1.44. The van der Waals surface area contributed by atoms with Gasteiger partial charge in [-0.1, -0.05) is 0 Å². The fraction of sp³-hybridized carbons (Fsp3) is 0.621. The van der Waals surface area contributed by atoms with Gasteiger partial charge in [0.05, 0.1) is 0 Å². The number of amidine groups is 1. The largest absolute Gasteiger partial charge is 0.484 e. The fourth-order valence-corrected chi connectivity index (χ4v) is 5.47. The van der Waals surface area contributed by atoms with Crippen LogP contribution in [0.3, 0.4) is 0 Å². The van der Waals surface area contributed by atoms with E-state index in [1.807, 2.05) is 0 Å². The average Bonchev–Trinajstić information content (AvgIpc) is 3.69. The summed E-state index contributed by atoms with van der Waals surface area (Å²) in [5.41, 5.74) is 1.46. The lowest BCUT2D eigenvalue weighted by molar-refractivity contribution is -0.164. The minimum atomic E-state index is -1.94. The molecule has 3 heterocycles. The third-order valence-electron chi connectivity index (χ3n) is 6.76. The first-order chi connectivity index (χ1) is 20.6. The van der Waals surface area contributed by atoms with Gasteiger partial charge in [0.25, 0.3) is 11.8 Å². The quantitative estimate of drug-likeness (QED) is 0.395. The van der Waals surface area contributed by atoms with Gasteiger partial charge in [-0.3, -0.25) is 9.59 Å². The van der Waals surface area contributed by atoms with E-state index in [9.17, 15) is 23.4 Å². The lowest BCUT2D eigenvalue weighted by Gasteiger charge is -2.27. The van der Waals surface area contributed by atoms with Gasteiger partial charge in [-0.25, -0.2) is 19.3 Å². The van der Waals surface area contributed by atoms with Gasteiger partial charge < -0.3 is 28.7 Å². The van der Waals surface area contributed by atoms with Crippen molar-refractivity contribution in [3.8, 4) is 11.5 Å². The van der Waals surface area contributed by atoms with E-state index in [-0.39, 0.29) is 30.5 Å². The Morgan fingerprint density at radius 3 is 1.68 bits per heavy atom. The van der Waals surface area contributed by atoms with Gasteiger partial charge in [0.2, 0.25) is 0 Å². The molecule has 0 aromatic heterocycles. The van der Waals surface area contributed by atoms with Crippen LogP contribution in [0.25, 0.3) is 0 Å². The number of carbonyl (C=O) groups excluding carboxylic acids is 4. The molecule has 3 unspecified atom stereocenters. The van der Waals surface area contributed by atoms with Gasteiger partial charge in [-0.05, 0) is 79.4 Å². The van der Waals surface area contributed by atoms with Gasteiger partial charge >= 0.3 is 23.2 Å². The molecule has 4 rings (SSSR count). The molecular formula is C29H40N4O10S. The average molecular weight is 637 g/mol. The first-order valence-electron chi connectivity index (χ1n) is 14.5. The number of carbonyl (C=O) groups is 4. The molecule has 2 saturated heterocycles. The standard InChI is InChI=1S/C29H40N4O10S/c1-28(2,3)41-26(36)21-9-7-11-32(21)23(34)16-39-19-13-18(25-30-43-44(38)31-25)14-20(15-19)40-17-24(35)33-12-8-10-22(33)27(37)42-29(4,5)6/h13-15,21-22H,7-12,16-17H2,1-6H3,(H,30,31). The first-order valence-corrected chi connectivity index (χ1v) is 15.5. The second-order valence-corrected chi connectivity index (χ2v) is 13.5. The maximum atomic E-state index is 13.1. The molecule has 0 aliphatic carbocycles. The van der Waals surface area contributed by atoms with Crippen molar-refractivity contribution in [1.29, 1.82) is 0 Å². The summed E-state index contributed by atoms with van der Waals surface area (Å²) >= 11 is -1.94. The van der Waals surface area contributed by atoms with E-state index in [1.54, 1.807) is 41.5 Å². The van der Waals surface area contributed by atoms with E-state index < -0.39 is 58.3 Å². The molecule has 1 aromatic rings. The molecule has 3 atom stereocenters. The van der Waals surface area contributed by atoms with Crippen molar-refractivity contribution in [1.82, 2.24) is 15.3 Å². The molecule has 242 valence electrons. The summed E-state index contributed by atoms with van der Waals surface area (Å²) in [5, 5.41) is 0. The molecule has 1 aromatic carbocycles. The Morgan fingerprint density at radius 2 is 1.30 bits per heavy atom. The molecule has 2 amide bonds. The monoisotopic (exact) mass is 636 g/mol. The normalized spacial score (nSPS) is 21.9. The predicted molar refractivity (Wildman–Crippen MR) is 157 cm³/mol. The van der Waals surface area contributed by atoms with E-state index in [0.717, 1.165) is 0 Å². The van der Waals surface area contributed by atoms with Crippen molar-refractivity contribution in [2.24, 2.45) is 4.40 Å². The van der Waals surface area contributed by atoms with Gasteiger partial charge in [0.1, 0.15) is 34.8 Å². The van der Waals surface area contributed by atoms with Crippen molar-refractivity contribution < 1.29 is 46.6 Å². The third kappa shape index (κ3) is 8.91. The SMILES string of the molecule is CC(C)(C)OC(=O)C1CCCN1C(=O)COc1cc(OCC(=O)N2CCCC2C(=O)OC(C)(C)C)cc(C2=NS(=O)ON2)c1. The molecule has 15 heteroatoms. The van der Waals surface area contributed by atoms with E-state index in [4.69, 9.17) is 23.2 Å². The highest BCUT2D eigenvalue weighted by molar-refractivity contribution is 7.79. The Morgan fingerprint density at radius 1 is 0.841 bits per heavy atom. The van der Waals surface area contributed by atoms with E-state index >= 15 is 0 Å². The van der Waals surface area contributed by atoms with Gasteiger partial charge in [0, 0.05) is 24.7 Å². The molecule has 1 N–H and O–H groups in total. The number of likely N-dealkylation sites (tertiary alicyclic amines) is 2. The number of hydrogen-bond acceptors (Lipinski definition) is 11. The molecule has 44 heavy (non-hydrogen) atoms. The molecule has 0 bridgehead atoms. The lowest BCUT2D eigenvalue weighted by atomic mass is 10.1. The van der Waals surface area contributed by atoms with Crippen LogP contribution >= 0.6 is 0 Å². The van der Waals surface area contributed by atoms with Gasteiger partial charge in [-0.15, -0.1) is 4.40 Å². The van der Waals surface area contributed by atoms with Crippen LogP contribution < -0.4 is 15.0 Å². The summed E-state index contributed by atoms with van der Waals surface area (Å²) in [6.45, 7) is 10.6. The smallest absolute Gasteiger partial charge is 0.329 e. The van der Waals surface area contributed by atoms with Gasteiger partial charge in [-0.2, -0.15) is 4.28 Å². The van der Waals surface area contributed by atoms with Crippen molar-refractivity contribution in [2.45, 2.75) is 90.5 Å². The molecule has 0 radical (unpaired) electrons. The first kappa shape index (κ1) is 33.2. The van der Waals surface area contributed by atoms with Crippen molar-refractivity contribution in [2.75, 3.05) is 26.3 Å². The van der Waals surface area contributed by atoms with Crippen LogP contribution in [0.4, 0.5) is 0 Å². The predicted octanol–water partition coefficient (Wildman–Crippen LogP) is 1.97. The maximum absolute atomic E-state index is 13.1. The molecule has 3 aliphatic heterocycles. The number of amides is 2. The number of esters is 2.